The molecule has 0 saturated carbocycles. The number of hydrogen-bond donors (Lipinski definition) is 2. The number of nitrogens with zero attached hydrogens (tertiary/aromatic N) is 1. The van der Waals surface area contributed by atoms with Crippen LogP contribution in [-0.2, 0) is 13.0 Å². The minimum Gasteiger partial charge on any atom is -0.357 e. The van der Waals surface area contributed by atoms with Crippen LogP contribution in [0.3, 0.4) is 0 Å². The van der Waals surface area contributed by atoms with Gasteiger partial charge in [0.15, 0.2) is 5.96 Å². The molecule has 0 radical (unpaired) electrons. The lowest BCUT2D eigenvalue weighted by Crippen LogP contribution is -2.42. The number of hydrogen-bond acceptors (Lipinski definition) is 1. The van der Waals surface area contributed by atoms with E-state index < -0.39 is 0 Å². The molecule has 0 heterocycles. The fourth-order valence-electron chi connectivity index (χ4n) is 2.47. The standard InChI is InChI=1S/C17H25N3/c1-3-14-9-5-6-10-15(14)13-19-17(18-4-2)20-16-11-7-8-12-16/h5-10,16H,3-4,11-13H2,1-2H3,(H2,18,19,20). The predicted molar refractivity (Wildman–Crippen MR) is 85.9 cm³/mol. The average Bonchev–Trinajstić information content (AvgIpc) is 2.98. The van der Waals surface area contributed by atoms with E-state index in [2.05, 4.69) is 60.9 Å². The third kappa shape index (κ3) is 4.12. The molecule has 3 heteroatoms. The molecule has 1 aromatic carbocycles. The van der Waals surface area contributed by atoms with Crippen LogP contribution in [0.1, 0.15) is 37.8 Å². The summed E-state index contributed by atoms with van der Waals surface area (Å²) in [5.74, 6) is 0.923. The van der Waals surface area contributed by atoms with E-state index in [1.807, 2.05) is 0 Å². The van der Waals surface area contributed by atoms with Crippen molar-refractivity contribution in [1.29, 1.82) is 0 Å². The maximum atomic E-state index is 4.72. The maximum absolute atomic E-state index is 4.72. The Hall–Kier alpha value is -1.77. The van der Waals surface area contributed by atoms with Crippen molar-refractivity contribution in [3.8, 4) is 0 Å². The fraction of sp³-hybridized carbons (Fsp3) is 0.471. The van der Waals surface area contributed by atoms with Crippen LogP contribution in [0.2, 0.25) is 0 Å². The van der Waals surface area contributed by atoms with Gasteiger partial charge in [0.25, 0.3) is 0 Å². The Morgan fingerprint density at radius 3 is 2.50 bits per heavy atom. The molecule has 2 N–H and O–H groups in total. The number of aliphatic imine (C=N–C) groups is 1. The monoisotopic (exact) mass is 271 g/mol. The van der Waals surface area contributed by atoms with Crippen molar-refractivity contribution in [3.63, 3.8) is 0 Å². The van der Waals surface area contributed by atoms with Crippen molar-refractivity contribution >= 4 is 5.96 Å². The van der Waals surface area contributed by atoms with Gasteiger partial charge in [-0.05, 0) is 37.3 Å². The van der Waals surface area contributed by atoms with Crippen molar-refractivity contribution in [2.45, 2.75) is 45.7 Å². The highest BCUT2D eigenvalue weighted by molar-refractivity contribution is 5.80. The molecule has 20 heavy (non-hydrogen) atoms. The molecule has 1 aliphatic rings. The molecular formula is C17H25N3. The Labute approximate surface area is 122 Å². The molecule has 1 aromatic rings. The van der Waals surface area contributed by atoms with E-state index in [4.69, 9.17) is 4.99 Å². The van der Waals surface area contributed by atoms with Gasteiger partial charge in [0, 0.05) is 12.6 Å². The van der Waals surface area contributed by atoms with Gasteiger partial charge in [0.2, 0.25) is 0 Å². The third-order valence-electron chi connectivity index (χ3n) is 3.60. The summed E-state index contributed by atoms with van der Waals surface area (Å²) in [7, 11) is 0. The lowest BCUT2D eigenvalue weighted by molar-refractivity contribution is 0.633. The smallest absolute Gasteiger partial charge is 0.191 e. The van der Waals surface area contributed by atoms with Crippen LogP contribution in [-0.4, -0.2) is 18.5 Å². The van der Waals surface area contributed by atoms with Gasteiger partial charge in [-0.3, -0.25) is 0 Å². The van der Waals surface area contributed by atoms with Crippen molar-refractivity contribution < 1.29 is 0 Å². The number of rotatable bonds is 5. The minimum atomic E-state index is 0.495. The summed E-state index contributed by atoms with van der Waals surface area (Å²) >= 11 is 0. The normalized spacial score (nSPS) is 15.6. The van der Waals surface area contributed by atoms with E-state index in [9.17, 15) is 0 Å². The van der Waals surface area contributed by atoms with E-state index in [-0.39, 0.29) is 0 Å². The maximum Gasteiger partial charge on any atom is 0.191 e. The summed E-state index contributed by atoms with van der Waals surface area (Å²) in [5.41, 5.74) is 2.70. The van der Waals surface area contributed by atoms with E-state index >= 15 is 0 Å². The molecule has 3 nitrogen and oxygen atoms in total. The molecule has 0 atom stereocenters. The summed E-state index contributed by atoms with van der Waals surface area (Å²) in [6.07, 6.45) is 7.70. The Balaban J connectivity index is 2.00. The minimum absolute atomic E-state index is 0.495. The van der Waals surface area contributed by atoms with Gasteiger partial charge in [-0.15, -0.1) is 0 Å². The van der Waals surface area contributed by atoms with Crippen molar-refractivity contribution in [3.05, 3.63) is 47.5 Å². The number of nitrogens with one attached hydrogen (secondary N) is 2. The van der Waals surface area contributed by atoms with E-state index in [1.165, 1.54) is 11.1 Å². The van der Waals surface area contributed by atoms with Gasteiger partial charge < -0.3 is 10.6 Å². The number of benzene rings is 1. The SMILES string of the molecule is CCNC(=NCc1ccccc1CC)NC1CC=CC1. The Bertz CT molecular complexity index is 469. The van der Waals surface area contributed by atoms with Crippen molar-refractivity contribution in [2.75, 3.05) is 6.54 Å². The first-order chi connectivity index (χ1) is 9.83. The second-order valence-corrected chi connectivity index (χ2v) is 5.10. The van der Waals surface area contributed by atoms with Crippen LogP contribution < -0.4 is 10.6 Å². The quantitative estimate of drug-likeness (QED) is 0.490. The summed E-state index contributed by atoms with van der Waals surface area (Å²) in [6, 6.07) is 9.04. The lowest BCUT2D eigenvalue weighted by Gasteiger charge is -2.17. The molecular weight excluding hydrogens is 246 g/mol. The topological polar surface area (TPSA) is 36.4 Å². The first kappa shape index (κ1) is 14.6. The molecule has 0 amide bonds. The summed E-state index contributed by atoms with van der Waals surface area (Å²) in [5, 5.41) is 6.83. The average molecular weight is 271 g/mol. The van der Waals surface area contributed by atoms with E-state index in [1.54, 1.807) is 0 Å². The van der Waals surface area contributed by atoms with Crippen molar-refractivity contribution in [2.24, 2.45) is 4.99 Å². The van der Waals surface area contributed by atoms with Gasteiger partial charge >= 0.3 is 0 Å². The second kappa shape index (κ2) is 7.73. The van der Waals surface area contributed by atoms with E-state index in [0.29, 0.717) is 6.04 Å². The zero-order valence-corrected chi connectivity index (χ0v) is 12.5. The molecule has 0 fully saturated rings. The fourth-order valence-corrected chi connectivity index (χ4v) is 2.47. The highest BCUT2D eigenvalue weighted by Crippen LogP contribution is 2.11. The molecule has 0 unspecified atom stereocenters. The highest BCUT2D eigenvalue weighted by atomic mass is 15.2. The number of guanidine groups is 1. The first-order valence-corrected chi connectivity index (χ1v) is 7.60. The molecule has 0 spiro atoms. The van der Waals surface area contributed by atoms with Gasteiger partial charge in [-0.1, -0.05) is 43.3 Å². The van der Waals surface area contributed by atoms with Gasteiger partial charge in [0.05, 0.1) is 6.54 Å². The van der Waals surface area contributed by atoms with Gasteiger partial charge in [0.1, 0.15) is 0 Å². The van der Waals surface area contributed by atoms with Crippen LogP contribution >= 0.6 is 0 Å². The molecule has 1 aliphatic carbocycles. The summed E-state index contributed by atoms with van der Waals surface area (Å²) in [6.45, 7) is 5.92. The highest BCUT2D eigenvalue weighted by Gasteiger charge is 2.11. The zero-order valence-electron chi connectivity index (χ0n) is 12.5. The first-order valence-electron chi connectivity index (χ1n) is 7.60. The van der Waals surface area contributed by atoms with Gasteiger partial charge in [-0.2, -0.15) is 0 Å². The predicted octanol–water partition coefficient (Wildman–Crippen LogP) is 3.02. The molecule has 108 valence electrons. The van der Waals surface area contributed by atoms with Crippen LogP contribution in [0.15, 0.2) is 41.4 Å². The molecule has 0 saturated heterocycles. The van der Waals surface area contributed by atoms with E-state index in [0.717, 1.165) is 38.3 Å². The molecule has 0 aliphatic heterocycles. The summed E-state index contributed by atoms with van der Waals surface area (Å²) in [4.78, 5) is 4.72. The zero-order chi connectivity index (χ0) is 14.2. The molecule has 0 bridgehead atoms. The van der Waals surface area contributed by atoms with Crippen molar-refractivity contribution in [1.82, 2.24) is 10.6 Å². The van der Waals surface area contributed by atoms with Gasteiger partial charge in [-0.25, -0.2) is 4.99 Å². The second-order valence-electron chi connectivity index (χ2n) is 5.10. The Morgan fingerprint density at radius 1 is 1.15 bits per heavy atom. The van der Waals surface area contributed by atoms with Crippen LogP contribution in [0.25, 0.3) is 0 Å². The largest absolute Gasteiger partial charge is 0.357 e. The Morgan fingerprint density at radius 2 is 1.85 bits per heavy atom. The number of aryl methyl sites for hydroxylation is 1. The lowest BCUT2D eigenvalue weighted by atomic mass is 10.1. The molecule has 2 rings (SSSR count). The third-order valence-corrected chi connectivity index (χ3v) is 3.60. The van der Waals surface area contributed by atoms with Crippen LogP contribution in [0.4, 0.5) is 0 Å². The molecule has 0 aromatic heterocycles. The van der Waals surface area contributed by atoms with Crippen LogP contribution in [0, 0.1) is 0 Å². The van der Waals surface area contributed by atoms with Crippen LogP contribution in [0.5, 0.6) is 0 Å². The summed E-state index contributed by atoms with van der Waals surface area (Å²) < 4.78 is 0. The Kier molecular flexibility index (Phi) is 5.66.